The van der Waals surface area contributed by atoms with Crippen molar-refractivity contribution in [1.29, 1.82) is 0 Å². The first-order chi connectivity index (χ1) is 15.9. The maximum absolute atomic E-state index is 14.4. The number of rotatable bonds is 7. The summed E-state index contributed by atoms with van der Waals surface area (Å²) in [4.78, 5) is 10.0. The van der Waals surface area contributed by atoms with Crippen LogP contribution in [0.15, 0.2) is 53.4 Å². The molecule has 0 aliphatic carbocycles. The number of hydroxylamine groups is 1. The fourth-order valence-corrected chi connectivity index (χ4v) is 4.56. The molecule has 6 nitrogen and oxygen atoms in total. The average Bonchev–Trinajstić information content (AvgIpc) is 2.81. The summed E-state index contributed by atoms with van der Waals surface area (Å²) in [5.41, 5.74) is 2.15. The number of hydrogen-bond acceptors (Lipinski definition) is 4. The van der Waals surface area contributed by atoms with Crippen molar-refractivity contribution in [2.75, 3.05) is 0 Å². The molecular formula is C22H17F5N2O4S. The second-order valence-electron chi connectivity index (χ2n) is 7.29. The molecule has 0 saturated carbocycles. The van der Waals surface area contributed by atoms with Gasteiger partial charge in [0.05, 0.1) is 0 Å². The van der Waals surface area contributed by atoms with E-state index >= 15 is 0 Å². The predicted molar refractivity (Wildman–Crippen MR) is 110 cm³/mol. The molecule has 0 unspecified atom stereocenters. The zero-order chi connectivity index (χ0) is 25.2. The lowest BCUT2D eigenvalue weighted by molar-refractivity contribution is 0.0706. The fourth-order valence-electron chi connectivity index (χ4n) is 3.07. The van der Waals surface area contributed by atoms with Crippen LogP contribution < -0.4 is 5.48 Å². The van der Waals surface area contributed by atoms with Crippen molar-refractivity contribution < 1.29 is 40.4 Å². The van der Waals surface area contributed by atoms with Crippen molar-refractivity contribution in [1.82, 2.24) is 9.79 Å². The number of sulfonamides is 1. The molecule has 34 heavy (non-hydrogen) atoms. The Morgan fingerprint density at radius 3 is 2.03 bits per heavy atom. The monoisotopic (exact) mass is 500 g/mol. The Balaban J connectivity index is 2.07. The average molecular weight is 500 g/mol. The molecular weight excluding hydrogens is 483 g/mol. The Labute approximate surface area is 191 Å². The Morgan fingerprint density at radius 1 is 0.853 bits per heavy atom. The van der Waals surface area contributed by atoms with E-state index in [4.69, 9.17) is 5.21 Å². The standard InChI is InChI=1S/C22H17F5N2O4S/c1-12-2-3-14(8-16(12)23)11-29(10-13-4-6-15(7-5-13)22(30)28-31)34(32,33)18-9-17(24)19(25)21(27)20(18)26/h2-9,31H,10-11H2,1H3,(H,28,30). The highest BCUT2D eigenvalue weighted by Gasteiger charge is 2.32. The van der Waals surface area contributed by atoms with Gasteiger partial charge in [0.25, 0.3) is 5.91 Å². The van der Waals surface area contributed by atoms with Gasteiger partial charge in [-0.3, -0.25) is 10.0 Å². The molecule has 0 aromatic heterocycles. The summed E-state index contributed by atoms with van der Waals surface area (Å²) < 4.78 is 96.3. The van der Waals surface area contributed by atoms with E-state index in [9.17, 15) is 35.2 Å². The smallest absolute Gasteiger partial charge is 0.274 e. The largest absolute Gasteiger partial charge is 0.288 e. The van der Waals surface area contributed by atoms with Gasteiger partial charge in [-0.05, 0) is 41.8 Å². The number of carbonyl (C=O) groups is 1. The number of amides is 1. The molecule has 0 aliphatic rings. The summed E-state index contributed by atoms with van der Waals surface area (Å²) in [5, 5.41) is 8.69. The van der Waals surface area contributed by atoms with Crippen LogP contribution in [0.5, 0.6) is 0 Å². The lowest BCUT2D eigenvalue weighted by Gasteiger charge is -2.23. The molecule has 0 saturated heterocycles. The summed E-state index contributed by atoms with van der Waals surface area (Å²) >= 11 is 0. The molecule has 3 aromatic carbocycles. The SMILES string of the molecule is Cc1ccc(CN(Cc2ccc(C(=O)NO)cc2)S(=O)(=O)c2cc(F)c(F)c(F)c2F)cc1F. The van der Waals surface area contributed by atoms with Gasteiger partial charge in [-0.1, -0.05) is 24.3 Å². The first kappa shape index (κ1) is 25.3. The highest BCUT2D eigenvalue weighted by molar-refractivity contribution is 7.89. The number of nitrogens with one attached hydrogen (secondary N) is 1. The molecule has 0 bridgehead atoms. The molecule has 1 amide bonds. The Morgan fingerprint density at radius 2 is 1.44 bits per heavy atom. The second kappa shape index (κ2) is 9.87. The minimum atomic E-state index is -4.97. The zero-order valence-corrected chi connectivity index (χ0v) is 18.3. The van der Waals surface area contributed by atoms with Crippen LogP contribution in [0, 0.1) is 36.0 Å². The summed E-state index contributed by atoms with van der Waals surface area (Å²) in [7, 11) is -4.97. The Hall–Kier alpha value is -3.35. The van der Waals surface area contributed by atoms with Crippen molar-refractivity contribution >= 4 is 15.9 Å². The number of halogens is 5. The normalized spacial score (nSPS) is 11.6. The fraction of sp³-hybridized carbons (Fsp3) is 0.136. The molecule has 0 radical (unpaired) electrons. The van der Waals surface area contributed by atoms with E-state index in [0.717, 1.165) is 6.07 Å². The first-order valence-corrected chi connectivity index (χ1v) is 11.0. The molecule has 12 heteroatoms. The molecule has 0 heterocycles. The Bertz CT molecular complexity index is 1350. The molecule has 3 aromatic rings. The topological polar surface area (TPSA) is 86.7 Å². The summed E-state index contributed by atoms with van der Waals surface area (Å²) in [6.45, 7) is 0.467. The van der Waals surface area contributed by atoms with Gasteiger partial charge >= 0.3 is 0 Å². The third kappa shape index (κ3) is 5.08. The van der Waals surface area contributed by atoms with Gasteiger partial charge in [0.15, 0.2) is 23.3 Å². The number of benzene rings is 3. The zero-order valence-electron chi connectivity index (χ0n) is 17.5. The van der Waals surface area contributed by atoms with Gasteiger partial charge in [0.2, 0.25) is 10.0 Å². The Kier molecular flexibility index (Phi) is 7.34. The van der Waals surface area contributed by atoms with Gasteiger partial charge in [-0.15, -0.1) is 0 Å². The van der Waals surface area contributed by atoms with E-state index in [1.807, 2.05) is 0 Å². The first-order valence-electron chi connectivity index (χ1n) is 9.57. The van der Waals surface area contributed by atoms with Crippen LogP contribution in [0.3, 0.4) is 0 Å². The van der Waals surface area contributed by atoms with Crippen LogP contribution in [-0.2, 0) is 23.1 Å². The van der Waals surface area contributed by atoms with Crippen LogP contribution in [0.25, 0.3) is 0 Å². The highest BCUT2D eigenvalue weighted by Crippen LogP contribution is 2.28. The number of nitrogens with zero attached hydrogens (tertiary/aromatic N) is 1. The van der Waals surface area contributed by atoms with E-state index in [1.54, 1.807) is 0 Å². The van der Waals surface area contributed by atoms with Crippen LogP contribution >= 0.6 is 0 Å². The third-order valence-electron chi connectivity index (χ3n) is 4.96. The number of aryl methyl sites for hydroxylation is 1. The van der Waals surface area contributed by atoms with Gasteiger partial charge in [-0.2, -0.15) is 4.31 Å². The molecule has 0 atom stereocenters. The maximum atomic E-state index is 14.4. The van der Waals surface area contributed by atoms with E-state index in [-0.39, 0.29) is 28.3 Å². The minimum absolute atomic E-state index is 0.0283. The predicted octanol–water partition coefficient (Wildman–Crippen LogP) is 4.20. The van der Waals surface area contributed by atoms with E-state index in [2.05, 4.69) is 0 Å². The maximum Gasteiger partial charge on any atom is 0.274 e. The van der Waals surface area contributed by atoms with Crippen molar-refractivity contribution in [2.45, 2.75) is 24.9 Å². The van der Waals surface area contributed by atoms with Gasteiger partial charge in [0, 0.05) is 24.7 Å². The van der Waals surface area contributed by atoms with Crippen molar-refractivity contribution in [2.24, 2.45) is 0 Å². The second-order valence-corrected chi connectivity index (χ2v) is 9.20. The lowest BCUT2D eigenvalue weighted by Crippen LogP contribution is -2.31. The highest BCUT2D eigenvalue weighted by atomic mass is 32.2. The molecule has 3 rings (SSSR count). The molecule has 0 aliphatic heterocycles. The van der Waals surface area contributed by atoms with E-state index < -0.39 is 63.0 Å². The number of carbonyl (C=O) groups excluding carboxylic acids is 1. The molecule has 0 spiro atoms. The quantitative estimate of drug-likeness (QED) is 0.167. The van der Waals surface area contributed by atoms with Crippen LogP contribution in [0.4, 0.5) is 22.0 Å². The molecule has 0 fully saturated rings. The summed E-state index contributed by atoms with van der Waals surface area (Å²) in [6, 6.07) is 9.04. The number of hydrogen-bond donors (Lipinski definition) is 2. The summed E-state index contributed by atoms with van der Waals surface area (Å²) in [5.74, 6) is -9.93. The summed E-state index contributed by atoms with van der Waals surface area (Å²) in [6.07, 6.45) is 0. The van der Waals surface area contributed by atoms with Gasteiger partial charge in [-0.25, -0.2) is 35.8 Å². The molecule has 2 N–H and O–H groups in total. The lowest BCUT2D eigenvalue weighted by atomic mass is 10.1. The van der Waals surface area contributed by atoms with Gasteiger partial charge in [0.1, 0.15) is 10.7 Å². The van der Waals surface area contributed by atoms with Crippen molar-refractivity contribution in [3.05, 3.63) is 99.9 Å². The van der Waals surface area contributed by atoms with Crippen LogP contribution in [-0.4, -0.2) is 23.8 Å². The van der Waals surface area contributed by atoms with E-state index in [0.29, 0.717) is 4.31 Å². The minimum Gasteiger partial charge on any atom is -0.288 e. The third-order valence-corrected chi connectivity index (χ3v) is 6.75. The van der Waals surface area contributed by atoms with E-state index in [1.165, 1.54) is 48.8 Å². The van der Waals surface area contributed by atoms with Gasteiger partial charge < -0.3 is 0 Å². The van der Waals surface area contributed by atoms with Crippen molar-refractivity contribution in [3.8, 4) is 0 Å². The van der Waals surface area contributed by atoms with Crippen LogP contribution in [0.2, 0.25) is 0 Å². The molecule has 180 valence electrons. The van der Waals surface area contributed by atoms with Crippen molar-refractivity contribution in [3.63, 3.8) is 0 Å². The van der Waals surface area contributed by atoms with Crippen LogP contribution in [0.1, 0.15) is 27.0 Å².